The average Bonchev–Trinajstić information content (AvgIpc) is 3.26. The molecule has 0 aromatic heterocycles. The molecule has 1 fully saturated rings. The van der Waals surface area contributed by atoms with E-state index in [4.69, 9.17) is 14.2 Å². The summed E-state index contributed by atoms with van der Waals surface area (Å²) in [5.74, 6) is -2.55. The molecule has 4 aromatic rings. The van der Waals surface area contributed by atoms with Gasteiger partial charge in [-0.1, -0.05) is 48.5 Å². The third-order valence-electron chi connectivity index (χ3n) is 8.31. The van der Waals surface area contributed by atoms with Crippen molar-refractivity contribution in [3.8, 4) is 17.2 Å². The van der Waals surface area contributed by atoms with E-state index in [0.29, 0.717) is 22.9 Å². The number of carbonyl (C=O) groups excluding carboxylic acids is 3. The van der Waals surface area contributed by atoms with Crippen molar-refractivity contribution in [3.05, 3.63) is 102 Å². The molecule has 7 heteroatoms. The number of anilines is 1. The quantitative estimate of drug-likeness (QED) is 0.200. The number of carbonyl (C=O) groups is 3. The number of benzene rings is 4. The molecule has 40 heavy (non-hydrogen) atoms. The number of amides is 2. The lowest BCUT2D eigenvalue weighted by Crippen LogP contribution is -2.42. The monoisotopic (exact) mass is 531 g/mol. The smallest absolute Gasteiger partial charge is 0.319 e. The van der Waals surface area contributed by atoms with Crippen LogP contribution in [0, 0.1) is 17.8 Å². The third kappa shape index (κ3) is 3.47. The molecule has 4 aromatic carbocycles. The minimum absolute atomic E-state index is 0.340. The molecule has 0 unspecified atom stereocenters. The van der Waals surface area contributed by atoms with Gasteiger partial charge in [-0.15, -0.1) is 0 Å². The number of fused-ring (bicyclic) bond motifs is 7. The van der Waals surface area contributed by atoms with E-state index in [0.717, 1.165) is 27.5 Å². The van der Waals surface area contributed by atoms with Crippen LogP contribution in [0.2, 0.25) is 0 Å². The van der Waals surface area contributed by atoms with Crippen molar-refractivity contribution in [3.63, 3.8) is 0 Å². The number of ether oxygens (including phenoxy) is 3. The molecule has 7 nitrogen and oxygen atoms in total. The molecule has 1 aliphatic carbocycles. The van der Waals surface area contributed by atoms with E-state index >= 15 is 0 Å². The van der Waals surface area contributed by atoms with Gasteiger partial charge in [0.1, 0.15) is 17.2 Å². The van der Waals surface area contributed by atoms with Gasteiger partial charge < -0.3 is 14.2 Å². The number of esters is 1. The number of hydrogen-bond donors (Lipinski definition) is 0. The van der Waals surface area contributed by atoms with E-state index in [2.05, 4.69) is 0 Å². The molecule has 2 heterocycles. The van der Waals surface area contributed by atoms with Crippen LogP contribution in [0.25, 0.3) is 16.3 Å². The van der Waals surface area contributed by atoms with E-state index < -0.39 is 35.5 Å². The zero-order chi connectivity index (χ0) is 27.5. The van der Waals surface area contributed by atoms with Crippen LogP contribution >= 0.6 is 0 Å². The van der Waals surface area contributed by atoms with Crippen LogP contribution < -0.4 is 19.1 Å². The number of methoxy groups -OCH3 is 2. The second kappa shape index (κ2) is 9.09. The molecule has 0 saturated carbocycles. The van der Waals surface area contributed by atoms with Crippen LogP contribution in [-0.4, -0.2) is 32.0 Å². The van der Waals surface area contributed by atoms with Gasteiger partial charge in [0.05, 0.1) is 37.7 Å². The summed E-state index contributed by atoms with van der Waals surface area (Å²) in [4.78, 5) is 43.1. The zero-order valence-corrected chi connectivity index (χ0v) is 21.9. The first-order valence-corrected chi connectivity index (χ1v) is 13.1. The summed E-state index contributed by atoms with van der Waals surface area (Å²) in [5.41, 5.74) is 2.82. The summed E-state index contributed by atoms with van der Waals surface area (Å²) >= 11 is 0. The lowest BCUT2D eigenvalue weighted by molar-refractivity contribution is -0.142. The van der Waals surface area contributed by atoms with E-state index in [-0.39, 0.29) is 5.91 Å². The van der Waals surface area contributed by atoms with Crippen LogP contribution in [0.1, 0.15) is 17.0 Å². The molecule has 198 valence electrons. The number of allylic oxidation sites excluding steroid dienone is 1. The van der Waals surface area contributed by atoms with Crippen molar-refractivity contribution in [2.45, 2.75) is 5.92 Å². The van der Waals surface area contributed by atoms with Crippen LogP contribution in [0.15, 0.2) is 91.0 Å². The van der Waals surface area contributed by atoms with E-state index in [1.807, 2.05) is 60.7 Å². The first-order chi connectivity index (χ1) is 19.5. The lowest BCUT2D eigenvalue weighted by atomic mass is 9.64. The molecular weight excluding hydrogens is 506 g/mol. The molecule has 1 saturated heterocycles. The Morgan fingerprint density at radius 1 is 0.725 bits per heavy atom. The predicted octanol–water partition coefficient (Wildman–Crippen LogP) is 5.38. The predicted molar refractivity (Wildman–Crippen MR) is 149 cm³/mol. The van der Waals surface area contributed by atoms with Gasteiger partial charge in [-0.2, -0.15) is 0 Å². The summed E-state index contributed by atoms with van der Waals surface area (Å²) in [6.45, 7) is 0. The zero-order valence-electron chi connectivity index (χ0n) is 21.9. The fourth-order valence-corrected chi connectivity index (χ4v) is 6.47. The van der Waals surface area contributed by atoms with E-state index in [9.17, 15) is 14.4 Å². The Morgan fingerprint density at radius 3 is 2.08 bits per heavy atom. The lowest BCUT2D eigenvalue weighted by Gasteiger charge is -2.38. The van der Waals surface area contributed by atoms with Gasteiger partial charge in [0.25, 0.3) is 0 Å². The Kier molecular flexibility index (Phi) is 5.49. The highest BCUT2D eigenvalue weighted by Crippen LogP contribution is 2.55. The van der Waals surface area contributed by atoms with E-state index in [1.54, 1.807) is 44.6 Å². The van der Waals surface area contributed by atoms with Gasteiger partial charge in [-0.3, -0.25) is 14.4 Å². The van der Waals surface area contributed by atoms with Crippen LogP contribution in [-0.2, 0) is 14.4 Å². The largest absolute Gasteiger partial charge is 0.497 e. The minimum atomic E-state index is -0.915. The summed E-state index contributed by atoms with van der Waals surface area (Å²) in [7, 11) is 3.15. The average molecular weight is 532 g/mol. The molecular formula is C33H25NO6. The molecule has 0 radical (unpaired) electrons. The highest BCUT2D eigenvalue weighted by Gasteiger charge is 2.60. The molecule has 0 bridgehead atoms. The minimum Gasteiger partial charge on any atom is -0.497 e. The maximum Gasteiger partial charge on any atom is 0.319 e. The maximum atomic E-state index is 14.2. The fraction of sp³-hybridized carbons (Fsp3) is 0.182. The van der Waals surface area contributed by atoms with Gasteiger partial charge in [-0.05, 0) is 64.4 Å². The van der Waals surface area contributed by atoms with Crippen molar-refractivity contribution < 1.29 is 28.6 Å². The topological polar surface area (TPSA) is 82.1 Å². The van der Waals surface area contributed by atoms with Gasteiger partial charge in [0.15, 0.2) is 0 Å². The Balaban J connectivity index is 1.44. The summed E-state index contributed by atoms with van der Waals surface area (Å²) in [5, 5.41) is 1.93. The first kappa shape index (κ1) is 24.2. The molecule has 2 aliphatic heterocycles. The normalized spacial score (nSPS) is 23.2. The Bertz CT molecular complexity index is 1720. The SMILES string of the molecule is COc1ccc([C@@H]2C=C3c4c(ccc5ccccc45)OC(=O)[C@@H]3[C@H]3C(=O)N(c4ccc(OC)cc4)C(=O)[C@H]32)cc1. The number of imide groups is 1. The number of rotatable bonds is 4. The number of nitrogens with zero attached hydrogens (tertiary/aromatic N) is 1. The van der Waals surface area contributed by atoms with Gasteiger partial charge in [0.2, 0.25) is 11.8 Å². The van der Waals surface area contributed by atoms with Gasteiger partial charge >= 0.3 is 5.97 Å². The van der Waals surface area contributed by atoms with Gasteiger partial charge in [0, 0.05) is 11.5 Å². The second-order valence-corrected chi connectivity index (χ2v) is 10.2. The van der Waals surface area contributed by atoms with Gasteiger partial charge in [-0.25, -0.2) is 4.90 Å². The molecule has 2 amide bonds. The highest BCUT2D eigenvalue weighted by molar-refractivity contribution is 6.25. The van der Waals surface area contributed by atoms with Crippen molar-refractivity contribution in [2.75, 3.05) is 19.1 Å². The first-order valence-electron chi connectivity index (χ1n) is 13.1. The molecule has 0 spiro atoms. The summed E-state index contributed by atoms with van der Waals surface area (Å²) < 4.78 is 16.5. The second-order valence-electron chi connectivity index (χ2n) is 10.2. The Labute approximate surface area is 230 Å². The summed E-state index contributed by atoms with van der Waals surface area (Å²) in [6.07, 6.45) is 2.00. The van der Waals surface area contributed by atoms with Crippen molar-refractivity contribution >= 4 is 39.8 Å². The van der Waals surface area contributed by atoms with Crippen LogP contribution in [0.5, 0.6) is 17.2 Å². The third-order valence-corrected chi connectivity index (χ3v) is 8.31. The highest BCUT2D eigenvalue weighted by atomic mass is 16.5. The number of hydrogen-bond acceptors (Lipinski definition) is 6. The van der Waals surface area contributed by atoms with Crippen molar-refractivity contribution in [2.24, 2.45) is 17.8 Å². The molecule has 3 aliphatic rings. The Hall–Kier alpha value is -4.91. The van der Waals surface area contributed by atoms with Crippen molar-refractivity contribution in [1.82, 2.24) is 0 Å². The molecule has 7 rings (SSSR count). The summed E-state index contributed by atoms with van der Waals surface area (Å²) in [6, 6.07) is 25.9. The van der Waals surface area contributed by atoms with E-state index in [1.165, 1.54) is 4.90 Å². The van der Waals surface area contributed by atoms with Crippen molar-refractivity contribution in [1.29, 1.82) is 0 Å². The molecule has 0 N–H and O–H groups in total. The Morgan fingerprint density at radius 2 is 1.38 bits per heavy atom. The standard InChI is InChI=1S/C33H25NO6/c1-38-21-12-7-19(8-13-21)24-17-25-27-23-6-4-3-5-18(23)9-16-26(27)40-33(37)29(25)30-28(24)31(35)34(32(30)36)20-10-14-22(39-2)15-11-20/h3-17,24,28-30H,1-2H3/t24-,28-,29-,30-/m0/s1. The maximum absolute atomic E-state index is 14.2. The fourth-order valence-electron chi connectivity index (χ4n) is 6.47. The van der Waals surface area contributed by atoms with Crippen LogP contribution in [0.4, 0.5) is 5.69 Å². The van der Waals surface area contributed by atoms with Crippen LogP contribution in [0.3, 0.4) is 0 Å². The molecule has 4 atom stereocenters.